The summed E-state index contributed by atoms with van der Waals surface area (Å²) >= 11 is 0. The first-order valence-corrected chi connectivity index (χ1v) is 8.47. The average Bonchev–Trinajstić information content (AvgIpc) is 3.06. The van der Waals surface area contributed by atoms with Gasteiger partial charge in [-0.3, -0.25) is 4.79 Å². The van der Waals surface area contributed by atoms with Crippen LogP contribution < -0.4 is 5.73 Å². The van der Waals surface area contributed by atoms with Crippen molar-refractivity contribution >= 4 is 30.7 Å². The van der Waals surface area contributed by atoms with E-state index in [9.17, 15) is 4.79 Å². The highest BCUT2D eigenvalue weighted by Gasteiger charge is 2.14. The second-order valence-corrected chi connectivity index (χ2v) is 6.50. The minimum absolute atomic E-state index is 0. The maximum Gasteiger partial charge on any atom is 0.222 e. The van der Waals surface area contributed by atoms with Crippen LogP contribution in [0.15, 0.2) is 40.9 Å². The third-order valence-electron chi connectivity index (χ3n) is 4.24. The molecule has 1 atom stereocenters. The van der Waals surface area contributed by atoms with Gasteiger partial charge in [-0.15, -0.1) is 24.8 Å². The zero-order valence-electron chi connectivity index (χ0n) is 15.6. The van der Waals surface area contributed by atoms with Crippen LogP contribution >= 0.6 is 24.8 Å². The highest BCUT2D eigenvalue weighted by Crippen LogP contribution is 2.20. The number of carbonyl (C=O) groups excluding carboxylic acids is 1. The molecule has 0 aliphatic heterocycles. The Bertz CT molecular complexity index is 647. The topological polar surface area (TPSA) is 72.4 Å². The number of oxazole rings is 1. The van der Waals surface area contributed by atoms with Crippen molar-refractivity contribution in [1.29, 1.82) is 0 Å². The quantitative estimate of drug-likeness (QED) is 0.726. The summed E-state index contributed by atoms with van der Waals surface area (Å²) in [7, 11) is 1.82. The van der Waals surface area contributed by atoms with Crippen molar-refractivity contribution in [3.05, 3.63) is 42.4 Å². The van der Waals surface area contributed by atoms with Crippen LogP contribution in [-0.4, -0.2) is 35.4 Å². The molecule has 26 heavy (non-hydrogen) atoms. The van der Waals surface area contributed by atoms with Gasteiger partial charge in [0.1, 0.15) is 0 Å². The molecule has 146 valence electrons. The predicted octanol–water partition coefficient (Wildman–Crippen LogP) is 3.95. The summed E-state index contributed by atoms with van der Waals surface area (Å²) in [6.07, 6.45) is 3.42. The monoisotopic (exact) mass is 401 g/mol. The summed E-state index contributed by atoms with van der Waals surface area (Å²) in [6, 6.07) is 9.94. The molecule has 1 heterocycles. The number of hydrogen-bond donors (Lipinski definition) is 1. The Balaban J connectivity index is 0.00000312. The zero-order valence-corrected chi connectivity index (χ0v) is 17.2. The Labute approximate surface area is 168 Å². The second kappa shape index (κ2) is 11.9. The van der Waals surface area contributed by atoms with Crippen LogP contribution in [0.1, 0.15) is 32.6 Å². The van der Waals surface area contributed by atoms with E-state index in [4.69, 9.17) is 10.2 Å². The normalized spacial score (nSPS) is 11.4. The summed E-state index contributed by atoms with van der Waals surface area (Å²) < 4.78 is 5.73. The van der Waals surface area contributed by atoms with Crippen molar-refractivity contribution in [2.24, 2.45) is 11.7 Å². The molecule has 7 heteroatoms. The van der Waals surface area contributed by atoms with Crippen LogP contribution in [0.25, 0.3) is 11.3 Å². The lowest BCUT2D eigenvalue weighted by Crippen LogP contribution is -2.34. The minimum Gasteiger partial charge on any atom is -0.441 e. The van der Waals surface area contributed by atoms with Crippen molar-refractivity contribution in [1.82, 2.24) is 9.88 Å². The predicted molar refractivity (Wildman–Crippen MR) is 110 cm³/mol. The third kappa shape index (κ3) is 7.36. The molecule has 1 aromatic heterocycles. The number of aryl methyl sites for hydroxylation is 1. The van der Waals surface area contributed by atoms with Crippen LogP contribution in [-0.2, 0) is 11.2 Å². The van der Waals surface area contributed by atoms with Gasteiger partial charge in [0.05, 0.1) is 6.20 Å². The number of nitrogens with two attached hydrogens (primary N) is 1. The van der Waals surface area contributed by atoms with Crippen LogP contribution in [0.2, 0.25) is 0 Å². The van der Waals surface area contributed by atoms with E-state index in [1.807, 2.05) is 37.4 Å². The smallest absolute Gasteiger partial charge is 0.222 e. The van der Waals surface area contributed by atoms with Gasteiger partial charge in [-0.2, -0.15) is 0 Å². The van der Waals surface area contributed by atoms with Gasteiger partial charge in [-0.25, -0.2) is 4.98 Å². The fourth-order valence-electron chi connectivity index (χ4n) is 2.37. The summed E-state index contributed by atoms with van der Waals surface area (Å²) in [5, 5.41) is 0. The van der Waals surface area contributed by atoms with E-state index in [1.165, 1.54) is 0 Å². The van der Waals surface area contributed by atoms with E-state index in [0.29, 0.717) is 31.2 Å². The minimum atomic E-state index is 0. The fraction of sp³-hybridized carbons (Fsp3) is 0.474. The molecule has 2 N–H and O–H groups in total. The molecule has 5 nitrogen and oxygen atoms in total. The van der Waals surface area contributed by atoms with E-state index >= 15 is 0 Å². The molecule has 0 saturated carbocycles. The third-order valence-corrected chi connectivity index (χ3v) is 4.24. The average molecular weight is 402 g/mol. The molecule has 2 rings (SSSR count). The maximum absolute atomic E-state index is 12.2. The molecular formula is C19H29Cl2N3O2. The fourth-order valence-corrected chi connectivity index (χ4v) is 2.37. The molecule has 2 aromatic rings. The van der Waals surface area contributed by atoms with Gasteiger partial charge in [0.15, 0.2) is 11.7 Å². The molecule has 1 amide bonds. The first kappa shape index (κ1) is 24.4. The van der Waals surface area contributed by atoms with E-state index in [1.54, 1.807) is 11.1 Å². The molecule has 0 fully saturated rings. The molecular weight excluding hydrogens is 373 g/mol. The second-order valence-electron chi connectivity index (χ2n) is 6.50. The number of amides is 1. The van der Waals surface area contributed by atoms with Crippen LogP contribution in [0.4, 0.5) is 0 Å². The largest absolute Gasteiger partial charge is 0.441 e. The number of rotatable bonds is 8. The lowest BCUT2D eigenvalue weighted by molar-refractivity contribution is -0.130. The van der Waals surface area contributed by atoms with Crippen LogP contribution in [0.3, 0.4) is 0 Å². The van der Waals surface area contributed by atoms with Gasteiger partial charge < -0.3 is 15.1 Å². The highest BCUT2D eigenvalue weighted by atomic mass is 35.5. The van der Waals surface area contributed by atoms with Crippen molar-refractivity contribution < 1.29 is 9.21 Å². The van der Waals surface area contributed by atoms with E-state index < -0.39 is 0 Å². The lowest BCUT2D eigenvalue weighted by atomic mass is 10.0. The lowest BCUT2D eigenvalue weighted by Gasteiger charge is -2.21. The Hall–Kier alpha value is -1.56. The highest BCUT2D eigenvalue weighted by molar-refractivity contribution is 5.85. The number of hydrogen-bond acceptors (Lipinski definition) is 4. The molecule has 0 bridgehead atoms. The van der Waals surface area contributed by atoms with E-state index in [-0.39, 0.29) is 36.8 Å². The Morgan fingerprint density at radius 3 is 2.50 bits per heavy atom. The summed E-state index contributed by atoms with van der Waals surface area (Å²) in [4.78, 5) is 18.2. The van der Waals surface area contributed by atoms with Gasteiger partial charge in [0, 0.05) is 38.0 Å². The van der Waals surface area contributed by atoms with Gasteiger partial charge >= 0.3 is 0 Å². The Morgan fingerprint density at radius 1 is 1.23 bits per heavy atom. The van der Waals surface area contributed by atoms with Gasteiger partial charge in [-0.1, -0.05) is 44.2 Å². The van der Waals surface area contributed by atoms with Gasteiger partial charge in [-0.05, 0) is 12.3 Å². The molecule has 0 aliphatic rings. The van der Waals surface area contributed by atoms with Crippen molar-refractivity contribution in [3.8, 4) is 11.3 Å². The molecule has 0 spiro atoms. The van der Waals surface area contributed by atoms with Crippen molar-refractivity contribution in [2.75, 3.05) is 13.6 Å². The number of nitrogens with zero attached hydrogens (tertiary/aromatic N) is 2. The maximum atomic E-state index is 12.2. The Morgan fingerprint density at radius 2 is 1.88 bits per heavy atom. The molecule has 1 unspecified atom stereocenters. The summed E-state index contributed by atoms with van der Waals surface area (Å²) in [5.41, 5.74) is 7.01. The van der Waals surface area contributed by atoms with E-state index in [0.717, 1.165) is 17.7 Å². The van der Waals surface area contributed by atoms with E-state index in [2.05, 4.69) is 18.8 Å². The standard InChI is InChI=1S/C19H27N3O2.2ClH/c1-14(2)16(20)11-12-22(3)19(23)10-9-18-21-13-17(24-18)15-7-5-4-6-8-15;;/h4-8,13-14,16H,9-12,20H2,1-3H3;2*1H. The number of benzene rings is 1. The summed E-state index contributed by atoms with van der Waals surface area (Å²) in [5.74, 6) is 1.84. The molecule has 0 aliphatic carbocycles. The zero-order chi connectivity index (χ0) is 17.5. The number of halogens is 2. The van der Waals surface area contributed by atoms with Crippen molar-refractivity contribution in [3.63, 3.8) is 0 Å². The molecule has 0 radical (unpaired) electrons. The van der Waals surface area contributed by atoms with Crippen LogP contribution in [0.5, 0.6) is 0 Å². The van der Waals surface area contributed by atoms with Crippen molar-refractivity contribution in [2.45, 2.75) is 39.2 Å². The Kier molecular flexibility index (Phi) is 11.2. The number of carbonyl (C=O) groups is 1. The molecule has 0 saturated heterocycles. The first-order chi connectivity index (χ1) is 11.5. The first-order valence-electron chi connectivity index (χ1n) is 8.47. The van der Waals surface area contributed by atoms with Gasteiger partial charge in [0.25, 0.3) is 0 Å². The molecule has 1 aromatic carbocycles. The summed E-state index contributed by atoms with van der Waals surface area (Å²) in [6.45, 7) is 4.87. The van der Waals surface area contributed by atoms with Gasteiger partial charge in [0.2, 0.25) is 5.91 Å². The number of aromatic nitrogens is 1. The SMILES string of the molecule is CC(C)C(N)CCN(C)C(=O)CCc1ncc(-c2ccccc2)o1.Cl.Cl. The van der Waals surface area contributed by atoms with Crippen LogP contribution in [0, 0.1) is 5.92 Å².